The normalized spacial score (nSPS) is 21.3. The topological polar surface area (TPSA) is 34.0 Å². The third kappa shape index (κ3) is 0.755. The summed E-state index contributed by atoms with van der Waals surface area (Å²) in [6.45, 7) is 1.93. The molecule has 0 bridgehead atoms. The maximum Gasteiger partial charge on any atom is 0.158 e. The molecule has 0 saturated heterocycles. The lowest BCUT2D eigenvalue weighted by Crippen LogP contribution is -2.01. The van der Waals surface area contributed by atoms with Crippen molar-refractivity contribution in [2.45, 2.75) is 0 Å². The second-order valence-electron chi connectivity index (χ2n) is 1.04. The van der Waals surface area contributed by atoms with Crippen LogP contribution < -0.4 is 0 Å². The molecule has 0 aromatic heterocycles. The van der Waals surface area contributed by atoms with Gasteiger partial charge in [0.05, 0.1) is 13.2 Å². The number of nitrogens with zero attached hydrogens (tertiary/aromatic N) is 2. The van der Waals surface area contributed by atoms with Gasteiger partial charge in [0.1, 0.15) is 0 Å². The third-order valence-corrected chi connectivity index (χ3v) is 0.585. The molecule has 1 aliphatic heterocycles. The largest absolute Gasteiger partial charge is 0.355 e. The van der Waals surface area contributed by atoms with Crippen LogP contribution in [0.5, 0.6) is 0 Å². The van der Waals surface area contributed by atoms with E-state index < -0.39 is 0 Å². The standard InChI is InChI=1S/C3H6N2O/c1-2-6-3-5-4-1/h1-3H2. The molecule has 0 spiro atoms. The Balaban J connectivity index is 2.26. The number of ether oxygens (including phenoxy) is 1. The summed E-state index contributed by atoms with van der Waals surface area (Å²) >= 11 is 0. The molecule has 0 amide bonds. The maximum atomic E-state index is 4.81. The van der Waals surface area contributed by atoms with Crippen molar-refractivity contribution in [3.05, 3.63) is 0 Å². The molecule has 1 rings (SSSR count). The highest BCUT2D eigenvalue weighted by molar-refractivity contribution is 4.39. The Morgan fingerprint density at radius 1 is 1.33 bits per heavy atom. The summed E-state index contributed by atoms with van der Waals surface area (Å²) in [6.07, 6.45) is 0. The molecule has 34 valence electrons. The van der Waals surface area contributed by atoms with Gasteiger partial charge >= 0.3 is 0 Å². The summed E-state index contributed by atoms with van der Waals surface area (Å²) in [5.74, 6) is 0. The summed E-state index contributed by atoms with van der Waals surface area (Å²) in [5.41, 5.74) is 0. The van der Waals surface area contributed by atoms with Crippen LogP contribution >= 0.6 is 0 Å². The van der Waals surface area contributed by atoms with E-state index in [4.69, 9.17) is 4.74 Å². The van der Waals surface area contributed by atoms with E-state index in [-0.39, 0.29) is 0 Å². The number of hydrogen-bond donors (Lipinski definition) is 0. The number of azo groups is 1. The molecule has 1 heterocycles. The number of rotatable bonds is 0. The first kappa shape index (κ1) is 3.74. The lowest BCUT2D eigenvalue weighted by molar-refractivity contribution is 0.125. The fraction of sp³-hybridized carbons (Fsp3) is 1.00. The Morgan fingerprint density at radius 2 is 2.33 bits per heavy atom. The van der Waals surface area contributed by atoms with Gasteiger partial charge in [-0.2, -0.15) is 10.2 Å². The van der Waals surface area contributed by atoms with Crippen molar-refractivity contribution in [3.8, 4) is 0 Å². The lowest BCUT2D eigenvalue weighted by Gasteiger charge is -1.99. The molecule has 0 unspecified atom stereocenters. The van der Waals surface area contributed by atoms with Gasteiger partial charge in [0.15, 0.2) is 6.73 Å². The predicted octanol–water partition coefficient (Wildman–Crippen LogP) is 0.426. The molecule has 0 aliphatic carbocycles. The maximum absolute atomic E-state index is 4.81. The highest BCUT2D eigenvalue weighted by Crippen LogP contribution is 1.85. The second kappa shape index (κ2) is 1.87. The molecule has 0 aromatic rings. The fourth-order valence-electron chi connectivity index (χ4n) is 0.322. The van der Waals surface area contributed by atoms with Crippen LogP contribution in [0.2, 0.25) is 0 Å². The molecule has 0 N–H and O–H groups in total. The van der Waals surface area contributed by atoms with Crippen LogP contribution in [-0.2, 0) is 4.74 Å². The van der Waals surface area contributed by atoms with Gasteiger partial charge in [-0.1, -0.05) is 0 Å². The zero-order chi connectivity index (χ0) is 4.24. The fourth-order valence-corrected chi connectivity index (χ4v) is 0.322. The van der Waals surface area contributed by atoms with Crippen molar-refractivity contribution in [2.75, 3.05) is 19.9 Å². The van der Waals surface area contributed by atoms with E-state index in [9.17, 15) is 0 Å². The van der Waals surface area contributed by atoms with Crippen LogP contribution in [0.3, 0.4) is 0 Å². The van der Waals surface area contributed by atoms with E-state index in [1.54, 1.807) is 0 Å². The van der Waals surface area contributed by atoms with Gasteiger partial charge in [-0.15, -0.1) is 0 Å². The molecule has 3 heteroatoms. The van der Waals surface area contributed by atoms with Crippen LogP contribution in [0, 0.1) is 0 Å². The summed E-state index contributed by atoms with van der Waals surface area (Å²) in [6, 6.07) is 0. The molecule has 0 atom stereocenters. The van der Waals surface area contributed by atoms with Gasteiger partial charge in [0, 0.05) is 0 Å². The van der Waals surface area contributed by atoms with E-state index in [1.807, 2.05) is 0 Å². The first-order valence-electron chi connectivity index (χ1n) is 1.91. The van der Waals surface area contributed by atoms with Crippen LogP contribution in [0.25, 0.3) is 0 Å². The van der Waals surface area contributed by atoms with E-state index >= 15 is 0 Å². The van der Waals surface area contributed by atoms with Crippen LogP contribution in [0.15, 0.2) is 10.2 Å². The van der Waals surface area contributed by atoms with Crippen molar-refractivity contribution in [2.24, 2.45) is 10.2 Å². The zero-order valence-corrected chi connectivity index (χ0v) is 3.42. The van der Waals surface area contributed by atoms with Gasteiger partial charge in [-0.05, 0) is 0 Å². The van der Waals surface area contributed by atoms with Crippen LogP contribution in [-0.4, -0.2) is 19.9 Å². The van der Waals surface area contributed by atoms with Crippen molar-refractivity contribution < 1.29 is 4.74 Å². The van der Waals surface area contributed by atoms with Gasteiger partial charge in [0.2, 0.25) is 0 Å². The van der Waals surface area contributed by atoms with Gasteiger partial charge in [0.25, 0.3) is 0 Å². The Bertz CT molecular complexity index is 53.8. The minimum Gasteiger partial charge on any atom is -0.355 e. The van der Waals surface area contributed by atoms with Crippen molar-refractivity contribution >= 4 is 0 Å². The molecule has 0 radical (unpaired) electrons. The predicted molar refractivity (Wildman–Crippen MR) is 20.5 cm³/mol. The van der Waals surface area contributed by atoms with E-state index in [2.05, 4.69) is 10.2 Å². The Hall–Kier alpha value is -0.440. The Kier molecular flexibility index (Phi) is 1.17. The summed E-state index contributed by atoms with van der Waals surface area (Å²) in [4.78, 5) is 0. The quantitative estimate of drug-likeness (QED) is 0.420. The molecular weight excluding hydrogens is 80.0 g/mol. The van der Waals surface area contributed by atoms with Crippen LogP contribution in [0.1, 0.15) is 0 Å². The summed E-state index contributed by atoms with van der Waals surface area (Å²) in [7, 11) is 0. The van der Waals surface area contributed by atoms with E-state index in [0.29, 0.717) is 6.73 Å². The lowest BCUT2D eigenvalue weighted by atomic mass is 10.7. The molecule has 1 aliphatic rings. The summed E-state index contributed by atoms with van der Waals surface area (Å²) < 4.78 is 4.81. The average molecular weight is 86.1 g/mol. The Morgan fingerprint density at radius 3 is 2.50 bits per heavy atom. The molecule has 3 nitrogen and oxygen atoms in total. The SMILES string of the molecule is C1COCN=N1. The van der Waals surface area contributed by atoms with E-state index in [1.165, 1.54) is 0 Å². The number of hydrogen-bond acceptors (Lipinski definition) is 3. The zero-order valence-electron chi connectivity index (χ0n) is 3.42. The first-order valence-corrected chi connectivity index (χ1v) is 1.91. The molecule has 6 heavy (non-hydrogen) atoms. The Labute approximate surface area is 36.0 Å². The highest BCUT2D eigenvalue weighted by atomic mass is 16.5. The van der Waals surface area contributed by atoms with Gasteiger partial charge in [-0.25, -0.2) is 0 Å². The minimum absolute atomic E-state index is 0.458. The molecule has 0 aromatic carbocycles. The second-order valence-corrected chi connectivity index (χ2v) is 1.04. The van der Waals surface area contributed by atoms with Gasteiger partial charge in [-0.3, -0.25) is 0 Å². The molecule has 0 saturated carbocycles. The smallest absolute Gasteiger partial charge is 0.158 e. The van der Waals surface area contributed by atoms with Crippen molar-refractivity contribution in [3.63, 3.8) is 0 Å². The van der Waals surface area contributed by atoms with Crippen LogP contribution in [0.4, 0.5) is 0 Å². The van der Waals surface area contributed by atoms with Crippen molar-refractivity contribution in [1.29, 1.82) is 0 Å². The van der Waals surface area contributed by atoms with Gasteiger partial charge < -0.3 is 4.74 Å². The monoisotopic (exact) mass is 86.0 g/mol. The minimum atomic E-state index is 0.458. The average Bonchev–Trinajstić information content (AvgIpc) is 1.72. The summed E-state index contributed by atoms with van der Waals surface area (Å²) in [5, 5.41) is 7.26. The first-order chi connectivity index (χ1) is 3.00. The molecule has 0 fully saturated rings. The molecular formula is C3H6N2O. The highest BCUT2D eigenvalue weighted by Gasteiger charge is 1.87. The third-order valence-electron chi connectivity index (χ3n) is 0.585. The van der Waals surface area contributed by atoms with E-state index in [0.717, 1.165) is 13.2 Å². The van der Waals surface area contributed by atoms with Crippen molar-refractivity contribution in [1.82, 2.24) is 0 Å².